The molecule has 2 N–H and O–H groups in total. The fourth-order valence-electron chi connectivity index (χ4n) is 2.71. The number of fused-ring (bicyclic) bond motifs is 1. The molecule has 0 bridgehead atoms. The third kappa shape index (κ3) is 2.73. The van der Waals surface area contributed by atoms with E-state index >= 15 is 0 Å². The van der Waals surface area contributed by atoms with Gasteiger partial charge in [0.05, 0.1) is 21.6 Å². The van der Waals surface area contributed by atoms with E-state index in [9.17, 15) is 4.79 Å². The highest BCUT2D eigenvalue weighted by Crippen LogP contribution is 2.37. The number of thiazole rings is 2. The van der Waals surface area contributed by atoms with Gasteiger partial charge in [0.2, 0.25) is 0 Å². The number of hydrogen-bond acceptors (Lipinski definition) is 6. The van der Waals surface area contributed by atoms with Crippen molar-refractivity contribution < 1.29 is 4.79 Å². The number of nitrogens with zero attached hydrogens (tertiary/aromatic N) is 3. The highest BCUT2D eigenvalue weighted by molar-refractivity contribution is 7.11. The summed E-state index contributed by atoms with van der Waals surface area (Å²) < 4.78 is 0. The van der Waals surface area contributed by atoms with Gasteiger partial charge in [0, 0.05) is 19.0 Å². The molecule has 3 rings (SSSR count). The molecule has 1 amide bonds. The van der Waals surface area contributed by atoms with Gasteiger partial charge < -0.3 is 10.6 Å². The van der Waals surface area contributed by atoms with Crippen LogP contribution in [0.2, 0.25) is 0 Å². The molecular weight excluding hydrogens is 304 g/mol. The molecule has 1 unspecified atom stereocenters. The Labute approximate surface area is 131 Å². The summed E-state index contributed by atoms with van der Waals surface area (Å²) in [7, 11) is 1.86. The highest BCUT2D eigenvalue weighted by atomic mass is 32.1. The molecule has 7 heteroatoms. The number of rotatable bonds is 3. The van der Waals surface area contributed by atoms with Gasteiger partial charge in [-0.25, -0.2) is 9.97 Å². The fraction of sp³-hybridized carbons (Fsp3) is 0.500. The molecule has 0 saturated heterocycles. The van der Waals surface area contributed by atoms with Gasteiger partial charge in [-0.2, -0.15) is 0 Å². The maximum Gasteiger partial charge on any atom is 0.273 e. The zero-order valence-corrected chi connectivity index (χ0v) is 13.8. The second kappa shape index (κ2) is 5.82. The standard InChI is InChI=1S/C14H18N4OS2/c1-8-16-9-4-3-5-11(13(9)21-8)18(2)14(19)10-7-20-12(6-15)17-10/h7,11H,3-6,15H2,1-2H3. The van der Waals surface area contributed by atoms with E-state index in [1.165, 1.54) is 16.2 Å². The van der Waals surface area contributed by atoms with Crippen molar-refractivity contribution >= 4 is 28.6 Å². The lowest BCUT2D eigenvalue weighted by Gasteiger charge is -2.30. The van der Waals surface area contributed by atoms with Crippen molar-refractivity contribution in [2.24, 2.45) is 5.73 Å². The highest BCUT2D eigenvalue weighted by Gasteiger charge is 2.30. The number of amides is 1. The minimum Gasteiger partial charge on any atom is -0.332 e. The zero-order chi connectivity index (χ0) is 15.0. The molecule has 1 atom stereocenters. The molecule has 0 aliphatic heterocycles. The normalized spacial score (nSPS) is 17.6. The van der Waals surface area contributed by atoms with Crippen LogP contribution < -0.4 is 5.73 Å². The monoisotopic (exact) mass is 322 g/mol. The Hall–Kier alpha value is -1.31. The molecule has 0 radical (unpaired) electrons. The summed E-state index contributed by atoms with van der Waals surface area (Å²) in [4.78, 5) is 24.5. The van der Waals surface area contributed by atoms with E-state index in [2.05, 4.69) is 9.97 Å². The van der Waals surface area contributed by atoms with Crippen LogP contribution in [0.25, 0.3) is 0 Å². The molecule has 112 valence electrons. The van der Waals surface area contributed by atoms with Gasteiger partial charge >= 0.3 is 0 Å². The molecule has 1 aliphatic rings. The van der Waals surface area contributed by atoms with Crippen molar-refractivity contribution in [1.82, 2.24) is 14.9 Å². The van der Waals surface area contributed by atoms with Gasteiger partial charge in [-0.05, 0) is 26.2 Å². The van der Waals surface area contributed by atoms with Crippen LogP contribution in [0.3, 0.4) is 0 Å². The molecule has 5 nitrogen and oxygen atoms in total. The lowest BCUT2D eigenvalue weighted by molar-refractivity contribution is 0.0712. The number of aromatic nitrogens is 2. The van der Waals surface area contributed by atoms with Crippen molar-refractivity contribution in [2.45, 2.75) is 38.8 Å². The Morgan fingerprint density at radius 2 is 2.33 bits per heavy atom. The summed E-state index contributed by atoms with van der Waals surface area (Å²) in [6.07, 6.45) is 3.08. The van der Waals surface area contributed by atoms with Gasteiger partial charge in [-0.3, -0.25) is 4.79 Å². The van der Waals surface area contributed by atoms with Crippen molar-refractivity contribution in [1.29, 1.82) is 0 Å². The van der Waals surface area contributed by atoms with Crippen molar-refractivity contribution in [2.75, 3.05) is 7.05 Å². The summed E-state index contributed by atoms with van der Waals surface area (Å²) >= 11 is 3.14. The van der Waals surface area contributed by atoms with Crippen molar-refractivity contribution in [3.8, 4) is 0 Å². The lowest BCUT2D eigenvalue weighted by atomic mass is 9.97. The van der Waals surface area contributed by atoms with E-state index in [0.717, 1.165) is 35.0 Å². The summed E-state index contributed by atoms with van der Waals surface area (Å²) in [5.41, 5.74) is 7.22. The predicted octanol–water partition coefficient (Wildman–Crippen LogP) is 2.52. The molecule has 2 aromatic heterocycles. The predicted molar refractivity (Wildman–Crippen MR) is 84.6 cm³/mol. The smallest absolute Gasteiger partial charge is 0.273 e. The van der Waals surface area contributed by atoms with E-state index in [1.54, 1.807) is 16.7 Å². The number of aryl methyl sites for hydroxylation is 2. The van der Waals surface area contributed by atoms with Crippen LogP contribution in [-0.4, -0.2) is 27.8 Å². The van der Waals surface area contributed by atoms with Crippen LogP contribution in [0.15, 0.2) is 5.38 Å². The van der Waals surface area contributed by atoms with Gasteiger partial charge in [0.25, 0.3) is 5.91 Å². The SMILES string of the molecule is Cc1nc2c(s1)C(N(C)C(=O)c1csc(CN)n1)CCC2. The van der Waals surface area contributed by atoms with Crippen molar-refractivity contribution in [3.05, 3.63) is 31.7 Å². The molecule has 0 fully saturated rings. The average molecular weight is 322 g/mol. The lowest BCUT2D eigenvalue weighted by Crippen LogP contribution is -2.33. The van der Waals surface area contributed by atoms with Crippen LogP contribution in [0.4, 0.5) is 0 Å². The minimum atomic E-state index is -0.0325. The third-order valence-corrected chi connectivity index (χ3v) is 5.75. The second-order valence-electron chi connectivity index (χ2n) is 5.20. The summed E-state index contributed by atoms with van der Waals surface area (Å²) in [5, 5.41) is 3.67. The van der Waals surface area contributed by atoms with E-state index in [-0.39, 0.29) is 11.9 Å². The van der Waals surface area contributed by atoms with Crippen LogP contribution in [-0.2, 0) is 13.0 Å². The van der Waals surface area contributed by atoms with Gasteiger partial charge in [-0.1, -0.05) is 0 Å². The zero-order valence-electron chi connectivity index (χ0n) is 12.1. The molecule has 21 heavy (non-hydrogen) atoms. The van der Waals surface area contributed by atoms with Gasteiger partial charge in [0.1, 0.15) is 10.7 Å². The molecular formula is C14H18N4OS2. The quantitative estimate of drug-likeness (QED) is 0.942. The average Bonchev–Trinajstić information content (AvgIpc) is 3.10. The van der Waals surface area contributed by atoms with E-state index in [4.69, 9.17) is 5.73 Å². The van der Waals surface area contributed by atoms with Gasteiger partial charge in [-0.15, -0.1) is 22.7 Å². The first-order chi connectivity index (χ1) is 10.1. The number of nitrogens with two attached hydrogens (primary N) is 1. The molecule has 1 aliphatic carbocycles. The Morgan fingerprint density at radius 1 is 1.52 bits per heavy atom. The van der Waals surface area contributed by atoms with E-state index < -0.39 is 0 Å². The van der Waals surface area contributed by atoms with Crippen LogP contribution in [0.5, 0.6) is 0 Å². The first-order valence-corrected chi connectivity index (χ1v) is 8.67. The number of carbonyl (C=O) groups excluding carboxylic acids is 1. The maximum atomic E-state index is 12.6. The van der Waals surface area contributed by atoms with Crippen LogP contribution in [0.1, 0.15) is 50.0 Å². The largest absolute Gasteiger partial charge is 0.332 e. The first-order valence-electron chi connectivity index (χ1n) is 6.98. The van der Waals surface area contributed by atoms with E-state index in [0.29, 0.717) is 12.2 Å². The number of hydrogen-bond donors (Lipinski definition) is 1. The first kappa shape index (κ1) is 14.6. The fourth-order valence-corrected chi connectivity index (χ4v) is 4.51. The maximum absolute atomic E-state index is 12.6. The molecule has 0 saturated carbocycles. The Morgan fingerprint density at radius 3 is 3.05 bits per heavy atom. The van der Waals surface area contributed by atoms with Gasteiger partial charge in [0.15, 0.2) is 0 Å². The summed E-state index contributed by atoms with van der Waals surface area (Å²) in [5.74, 6) is -0.0325. The summed E-state index contributed by atoms with van der Waals surface area (Å²) in [6, 6.07) is 0.121. The second-order valence-corrected chi connectivity index (χ2v) is 7.38. The Kier molecular flexibility index (Phi) is 4.05. The van der Waals surface area contributed by atoms with E-state index in [1.807, 2.05) is 18.9 Å². The Balaban J connectivity index is 1.85. The molecule has 2 aromatic rings. The summed E-state index contributed by atoms with van der Waals surface area (Å²) in [6.45, 7) is 2.40. The topological polar surface area (TPSA) is 72.1 Å². The Bertz CT molecular complexity index is 664. The third-order valence-electron chi connectivity index (χ3n) is 3.76. The molecule has 0 aromatic carbocycles. The number of carbonyl (C=O) groups is 1. The molecule has 0 spiro atoms. The molecule has 2 heterocycles. The van der Waals surface area contributed by atoms with Crippen LogP contribution in [0, 0.1) is 6.92 Å². The van der Waals surface area contributed by atoms with Crippen LogP contribution >= 0.6 is 22.7 Å². The minimum absolute atomic E-state index is 0.0325. The van der Waals surface area contributed by atoms with Crippen molar-refractivity contribution in [3.63, 3.8) is 0 Å².